The molecular weight excluding hydrogens is 266 g/mol. The summed E-state index contributed by atoms with van der Waals surface area (Å²) >= 11 is 0. The molecule has 0 bridgehead atoms. The highest BCUT2D eigenvalue weighted by Gasteiger charge is 2.27. The van der Waals surface area contributed by atoms with Crippen molar-refractivity contribution in [3.8, 4) is 5.75 Å². The third kappa shape index (κ3) is 2.18. The van der Waals surface area contributed by atoms with Gasteiger partial charge in [-0.15, -0.1) is 0 Å². The number of aromatic nitrogens is 1. The van der Waals surface area contributed by atoms with Crippen LogP contribution in [0.25, 0.3) is 10.9 Å². The highest BCUT2D eigenvalue weighted by atomic mass is 28.3. The summed E-state index contributed by atoms with van der Waals surface area (Å²) < 4.78 is 5.90. The molecule has 2 aromatic rings. The topological polar surface area (TPSA) is 42.1 Å². The van der Waals surface area contributed by atoms with Crippen molar-refractivity contribution in [1.82, 2.24) is 4.98 Å². The zero-order chi connectivity index (χ0) is 14.3. The Labute approximate surface area is 120 Å². The summed E-state index contributed by atoms with van der Waals surface area (Å²) in [6.07, 6.45) is 3.12. The fourth-order valence-electron chi connectivity index (χ4n) is 3.14. The highest BCUT2D eigenvalue weighted by Crippen LogP contribution is 2.29. The number of hydrogen-bond acceptors (Lipinski definition) is 2. The lowest BCUT2D eigenvalue weighted by Crippen LogP contribution is -2.50. The van der Waals surface area contributed by atoms with Crippen LogP contribution in [0.1, 0.15) is 18.4 Å². The molecule has 0 saturated heterocycles. The molecule has 1 aromatic heterocycles. The number of benzene rings is 1. The number of nitrogens with one attached hydrogen (secondary N) is 1. The normalized spacial score (nSPS) is 15.6. The number of hydrogen-bond donors (Lipinski definition) is 1. The second-order valence-electron chi connectivity index (χ2n) is 6.54. The molecule has 3 nitrogen and oxygen atoms in total. The second kappa shape index (κ2) is 4.77. The average Bonchev–Trinajstić information content (AvgIpc) is 2.32. The largest absolute Gasteiger partial charge is 0.493 e. The van der Waals surface area contributed by atoms with Gasteiger partial charge in [0, 0.05) is 10.6 Å². The van der Waals surface area contributed by atoms with E-state index in [4.69, 9.17) is 4.74 Å². The van der Waals surface area contributed by atoms with Crippen LogP contribution in [0.5, 0.6) is 5.75 Å². The molecule has 2 heterocycles. The van der Waals surface area contributed by atoms with Crippen LogP contribution < -0.4 is 15.5 Å². The molecular formula is C16H21NO2Si. The molecule has 0 radical (unpaired) electrons. The SMILES string of the molecule is C[Si](C)(C)c1c2c3c(cccc3[nH]c1=O)OCCCC2. The van der Waals surface area contributed by atoms with Gasteiger partial charge in [-0.1, -0.05) is 25.7 Å². The zero-order valence-corrected chi connectivity index (χ0v) is 13.4. The summed E-state index contributed by atoms with van der Waals surface area (Å²) in [6, 6.07) is 5.94. The minimum atomic E-state index is -1.69. The summed E-state index contributed by atoms with van der Waals surface area (Å²) in [5, 5.41) is 2.17. The van der Waals surface area contributed by atoms with Gasteiger partial charge in [-0.05, 0) is 37.0 Å². The van der Waals surface area contributed by atoms with Gasteiger partial charge in [-0.2, -0.15) is 0 Å². The van der Waals surface area contributed by atoms with Crippen LogP contribution in [-0.4, -0.2) is 19.7 Å². The lowest BCUT2D eigenvalue weighted by atomic mass is 10.0. The molecule has 3 rings (SSSR count). The van der Waals surface area contributed by atoms with Gasteiger partial charge in [0.05, 0.1) is 20.2 Å². The predicted octanol–water partition coefficient (Wildman–Crippen LogP) is 2.79. The molecule has 20 heavy (non-hydrogen) atoms. The van der Waals surface area contributed by atoms with Crippen LogP contribution in [0, 0.1) is 0 Å². The third-order valence-corrected chi connectivity index (χ3v) is 5.96. The van der Waals surface area contributed by atoms with E-state index in [-0.39, 0.29) is 5.56 Å². The Morgan fingerprint density at radius 1 is 1.20 bits per heavy atom. The van der Waals surface area contributed by atoms with E-state index in [9.17, 15) is 4.79 Å². The molecule has 0 fully saturated rings. The molecule has 1 N–H and O–H groups in total. The van der Waals surface area contributed by atoms with E-state index in [2.05, 4.69) is 24.6 Å². The van der Waals surface area contributed by atoms with Crippen molar-refractivity contribution >= 4 is 24.2 Å². The lowest BCUT2D eigenvalue weighted by molar-refractivity contribution is 0.307. The third-order valence-electron chi connectivity index (χ3n) is 3.93. The standard InChI is InChI=1S/C16H21NO2Si/c1-20(2,3)15-11-7-4-5-10-19-13-9-6-8-12(14(11)13)17-16(15)18/h6,8-9H,4-5,7,10H2,1-3H3,(H,17,18). The molecule has 106 valence electrons. The van der Waals surface area contributed by atoms with Crippen molar-refractivity contribution in [2.24, 2.45) is 0 Å². The lowest BCUT2D eigenvalue weighted by Gasteiger charge is -2.24. The van der Waals surface area contributed by atoms with Crippen LogP contribution in [0.3, 0.4) is 0 Å². The molecule has 0 saturated carbocycles. The maximum Gasteiger partial charge on any atom is 0.247 e. The first-order chi connectivity index (χ1) is 9.48. The van der Waals surface area contributed by atoms with Gasteiger partial charge in [0.2, 0.25) is 5.56 Å². The number of ether oxygens (including phenoxy) is 1. The van der Waals surface area contributed by atoms with Crippen molar-refractivity contribution < 1.29 is 4.74 Å². The first-order valence-corrected chi connectivity index (χ1v) is 10.8. The van der Waals surface area contributed by atoms with Gasteiger partial charge in [-0.25, -0.2) is 0 Å². The van der Waals surface area contributed by atoms with E-state index in [0.29, 0.717) is 0 Å². The van der Waals surface area contributed by atoms with E-state index >= 15 is 0 Å². The second-order valence-corrected chi connectivity index (χ2v) is 11.5. The van der Waals surface area contributed by atoms with Gasteiger partial charge in [0.25, 0.3) is 0 Å². The molecule has 4 heteroatoms. The Morgan fingerprint density at radius 3 is 2.75 bits per heavy atom. The Kier molecular flexibility index (Phi) is 3.20. The van der Waals surface area contributed by atoms with Crippen LogP contribution >= 0.6 is 0 Å². The van der Waals surface area contributed by atoms with Crippen molar-refractivity contribution in [1.29, 1.82) is 0 Å². The van der Waals surface area contributed by atoms with Gasteiger partial charge >= 0.3 is 0 Å². The Bertz CT molecular complexity index is 713. The Morgan fingerprint density at radius 2 is 2.00 bits per heavy atom. The van der Waals surface area contributed by atoms with Crippen LogP contribution in [0.15, 0.2) is 23.0 Å². The van der Waals surface area contributed by atoms with Gasteiger partial charge in [-0.3, -0.25) is 4.79 Å². The minimum absolute atomic E-state index is 0.101. The van der Waals surface area contributed by atoms with Crippen LogP contribution in [0.4, 0.5) is 0 Å². The van der Waals surface area contributed by atoms with Crippen molar-refractivity contribution in [2.75, 3.05) is 6.61 Å². The number of pyridine rings is 1. The van der Waals surface area contributed by atoms with Crippen molar-refractivity contribution in [2.45, 2.75) is 38.9 Å². The molecule has 0 aliphatic carbocycles. The maximum atomic E-state index is 12.5. The molecule has 1 aliphatic heterocycles. The number of H-pyrrole nitrogens is 1. The van der Waals surface area contributed by atoms with Crippen LogP contribution in [0.2, 0.25) is 19.6 Å². The molecule has 0 unspecified atom stereocenters. The molecule has 0 amide bonds. The zero-order valence-electron chi connectivity index (χ0n) is 12.4. The maximum absolute atomic E-state index is 12.5. The minimum Gasteiger partial charge on any atom is -0.493 e. The van der Waals surface area contributed by atoms with E-state index < -0.39 is 8.07 Å². The van der Waals surface area contributed by atoms with Gasteiger partial charge in [0.1, 0.15) is 5.75 Å². The Hall–Kier alpha value is -1.55. The predicted molar refractivity (Wildman–Crippen MR) is 86.0 cm³/mol. The summed E-state index contributed by atoms with van der Waals surface area (Å²) in [7, 11) is -1.69. The summed E-state index contributed by atoms with van der Waals surface area (Å²) in [6.45, 7) is 7.48. The van der Waals surface area contributed by atoms with Crippen LogP contribution in [-0.2, 0) is 6.42 Å². The monoisotopic (exact) mass is 287 g/mol. The fourth-order valence-corrected chi connectivity index (χ4v) is 5.04. The van der Waals surface area contributed by atoms with E-state index in [1.165, 1.54) is 5.56 Å². The molecule has 0 atom stereocenters. The average molecular weight is 287 g/mol. The summed E-state index contributed by atoms with van der Waals surface area (Å²) in [5.74, 6) is 0.924. The van der Waals surface area contributed by atoms with E-state index in [0.717, 1.165) is 47.7 Å². The van der Waals surface area contributed by atoms with E-state index in [1.807, 2.05) is 18.2 Å². The highest BCUT2D eigenvalue weighted by molar-refractivity contribution is 6.89. The quantitative estimate of drug-likeness (QED) is 0.820. The summed E-state index contributed by atoms with van der Waals surface area (Å²) in [4.78, 5) is 15.6. The van der Waals surface area contributed by atoms with Gasteiger partial charge < -0.3 is 9.72 Å². The first kappa shape index (κ1) is 13.4. The van der Waals surface area contributed by atoms with Crippen molar-refractivity contribution in [3.05, 3.63) is 34.1 Å². The van der Waals surface area contributed by atoms with Crippen molar-refractivity contribution in [3.63, 3.8) is 0 Å². The summed E-state index contributed by atoms with van der Waals surface area (Å²) in [5.41, 5.74) is 2.24. The molecule has 1 aliphatic rings. The smallest absolute Gasteiger partial charge is 0.247 e. The fraction of sp³-hybridized carbons (Fsp3) is 0.438. The number of rotatable bonds is 1. The van der Waals surface area contributed by atoms with Gasteiger partial charge in [0.15, 0.2) is 0 Å². The number of aromatic amines is 1. The Balaban J connectivity index is 2.44. The molecule has 1 aromatic carbocycles. The molecule has 0 spiro atoms. The number of aryl methyl sites for hydroxylation is 1. The first-order valence-electron chi connectivity index (χ1n) is 7.29. The van der Waals surface area contributed by atoms with E-state index in [1.54, 1.807) is 0 Å².